The third kappa shape index (κ3) is 6.16. The summed E-state index contributed by atoms with van der Waals surface area (Å²) in [5.41, 5.74) is 13.0. The minimum absolute atomic E-state index is 0. The van der Waals surface area contributed by atoms with Gasteiger partial charge in [0.05, 0.1) is 0 Å². The summed E-state index contributed by atoms with van der Waals surface area (Å²) in [6.07, 6.45) is 1.85. The Morgan fingerprint density at radius 3 is 1.96 bits per heavy atom. The first-order valence-corrected chi connectivity index (χ1v) is 17.7. The Balaban J connectivity index is 0.00000406. The van der Waals surface area contributed by atoms with Crippen molar-refractivity contribution in [1.82, 2.24) is 14.5 Å². The molecule has 8 aromatic rings. The Bertz CT molecular complexity index is 2580. The van der Waals surface area contributed by atoms with Crippen LogP contribution < -0.4 is 4.98 Å². The van der Waals surface area contributed by atoms with Crippen LogP contribution >= 0.6 is 0 Å². The minimum Gasteiger partial charge on any atom is -0.664 e. The zero-order valence-electron chi connectivity index (χ0n) is 31.0. The molecule has 8 rings (SSSR count). The largest absolute Gasteiger partial charge is 3.00 e. The summed E-state index contributed by atoms with van der Waals surface area (Å²) in [5.74, 6) is 0. The van der Waals surface area contributed by atoms with Crippen molar-refractivity contribution in [3.63, 3.8) is 0 Å². The van der Waals surface area contributed by atoms with E-state index in [1.54, 1.807) is 0 Å². The van der Waals surface area contributed by atoms with Crippen LogP contribution in [0.2, 0.25) is 0 Å². The van der Waals surface area contributed by atoms with Crippen molar-refractivity contribution in [3.8, 4) is 28.1 Å². The van der Waals surface area contributed by atoms with E-state index in [1.807, 2.05) is 18.3 Å². The molecule has 0 saturated carbocycles. The molecule has 0 aliphatic rings. The van der Waals surface area contributed by atoms with Gasteiger partial charge in [0, 0.05) is 11.7 Å². The molecule has 4 heteroatoms. The van der Waals surface area contributed by atoms with Gasteiger partial charge < -0.3 is 14.5 Å². The van der Waals surface area contributed by atoms with E-state index in [2.05, 4.69) is 164 Å². The summed E-state index contributed by atoms with van der Waals surface area (Å²) in [7, 11) is 0. The number of benzene rings is 5. The van der Waals surface area contributed by atoms with E-state index in [0.717, 1.165) is 55.5 Å². The van der Waals surface area contributed by atoms with E-state index in [0.29, 0.717) is 0 Å². The second kappa shape index (κ2) is 12.4. The molecule has 3 heterocycles. The minimum atomic E-state index is -0.0711. The maximum Gasteiger partial charge on any atom is 3.00 e. The van der Waals surface area contributed by atoms with E-state index < -0.39 is 0 Å². The third-order valence-corrected chi connectivity index (χ3v) is 10.1. The predicted molar refractivity (Wildman–Crippen MR) is 212 cm³/mol. The smallest absolute Gasteiger partial charge is 0.664 e. The van der Waals surface area contributed by atoms with Crippen molar-refractivity contribution in [3.05, 3.63) is 132 Å². The molecule has 0 spiro atoms. The quantitative estimate of drug-likeness (QED) is 0.131. The fraction of sp³-hybridized carbons (Fsp3) is 0.255. The Labute approximate surface area is 317 Å². The number of pyridine rings is 1. The van der Waals surface area contributed by atoms with Gasteiger partial charge in [-0.05, 0) is 67.0 Å². The second-order valence-electron chi connectivity index (χ2n) is 16.9. The summed E-state index contributed by atoms with van der Waals surface area (Å²) in [6, 6.07) is 43.0. The Morgan fingerprint density at radius 1 is 0.569 bits per heavy atom. The van der Waals surface area contributed by atoms with Crippen LogP contribution in [0.4, 0.5) is 0 Å². The van der Waals surface area contributed by atoms with E-state index >= 15 is 0 Å². The van der Waals surface area contributed by atoms with Gasteiger partial charge >= 0.3 is 22.4 Å². The molecule has 3 nitrogen and oxygen atoms in total. The molecule has 0 aliphatic heterocycles. The molecule has 0 atom stereocenters. The maximum absolute atomic E-state index is 5.29. The third-order valence-electron chi connectivity index (χ3n) is 10.1. The SMILES string of the molecule is CC(C)(C)c1cc(-c2ccccn2)[c-]c(-n2c3[c-]c(-c4cc(C(C)(C)C)cc5c4[n-]c4ccc(C(C)(C)C)cc45)ccc3c3ccccc32)c1.[Au+3]. The van der Waals surface area contributed by atoms with Crippen LogP contribution in [0.15, 0.2) is 103 Å². The first-order valence-electron chi connectivity index (χ1n) is 17.7. The number of rotatable bonds is 3. The Kier molecular flexibility index (Phi) is 8.49. The van der Waals surface area contributed by atoms with Crippen molar-refractivity contribution in [2.45, 2.75) is 78.6 Å². The molecule has 0 aliphatic carbocycles. The maximum atomic E-state index is 5.29. The molecule has 258 valence electrons. The molecule has 0 fully saturated rings. The van der Waals surface area contributed by atoms with Crippen molar-refractivity contribution >= 4 is 43.6 Å². The first-order chi connectivity index (χ1) is 23.7. The van der Waals surface area contributed by atoms with E-state index in [-0.39, 0.29) is 38.6 Å². The number of nitrogens with zero attached hydrogens (tertiary/aromatic N) is 3. The van der Waals surface area contributed by atoms with Crippen molar-refractivity contribution in [2.75, 3.05) is 0 Å². The monoisotopic (exact) mass is 847 g/mol. The zero-order chi connectivity index (χ0) is 35.2. The van der Waals surface area contributed by atoms with Gasteiger partial charge in [0.15, 0.2) is 0 Å². The second-order valence-corrected chi connectivity index (χ2v) is 16.9. The van der Waals surface area contributed by atoms with Gasteiger partial charge in [0.2, 0.25) is 0 Å². The van der Waals surface area contributed by atoms with Crippen LogP contribution in [0.5, 0.6) is 0 Å². The Morgan fingerprint density at radius 2 is 1.25 bits per heavy atom. The van der Waals surface area contributed by atoms with Crippen LogP contribution in [0.1, 0.15) is 79.0 Å². The van der Waals surface area contributed by atoms with E-state index in [4.69, 9.17) is 9.97 Å². The molecule has 0 radical (unpaired) electrons. The summed E-state index contributed by atoms with van der Waals surface area (Å²) in [4.78, 5) is 10.00. The number of fused-ring (bicyclic) bond motifs is 6. The number of para-hydroxylation sites is 1. The van der Waals surface area contributed by atoms with Gasteiger partial charge in [-0.15, -0.1) is 64.2 Å². The standard InChI is InChI=1S/C47H44N3.Au/c1-45(2,3)31-18-20-41-38(26-31)39-28-33(47(7,8)9)27-37(44(39)49-41)29-17-19-36-35-14-10-11-16-42(35)50(43(36)24-29)34-23-30(40-15-12-13-21-48-40)22-32(25-34)46(4,5)6;/h10-22,25-28H,1-9H3;/q-3;+3. The topological polar surface area (TPSA) is 31.9 Å². The van der Waals surface area contributed by atoms with Gasteiger partial charge in [0.25, 0.3) is 0 Å². The Hall–Kier alpha value is -4.41. The molecule has 5 aromatic carbocycles. The summed E-state index contributed by atoms with van der Waals surface area (Å²) in [5, 5.41) is 4.77. The molecule has 0 bridgehead atoms. The van der Waals surface area contributed by atoms with Crippen LogP contribution in [0, 0.1) is 12.1 Å². The van der Waals surface area contributed by atoms with Crippen molar-refractivity contribution in [1.29, 1.82) is 0 Å². The summed E-state index contributed by atoms with van der Waals surface area (Å²) < 4.78 is 2.34. The predicted octanol–water partition coefficient (Wildman–Crippen LogP) is 12.3. The average molecular weight is 848 g/mol. The molecule has 0 saturated heterocycles. The van der Waals surface area contributed by atoms with Gasteiger partial charge in [-0.2, -0.15) is 5.52 Å². The molecule has 0 unspecified atom stereocenters. The van der Waals surface area contributed by atoms with Crippen molar-refractivity contribution < 1.29 is 22.4 Å². The molecule has 0 amide bonds. The fourth-order valence-electron chi connectivity index (χ4n) is 7.10. The van der Waals surface area contributed by atoms with E-state index in [1.165, 1.54) is 32.8 Å². The van der Waals surface area contributed by atoms with Crippen molar-refractivity contribution in [2.24, 2.45) is 0 Å². The van der Waals surface area contributed by atoms with Gasteiger partial charge in [-0.3, -0.25) is 0 Å². The molecular weight excluding hydrogens is 804 g/mol. The summed E-state index contributed by atoms with van der Waals surface area (Å²) >= 11 is 0. The van der Waals surface area contributed by atoms with Gasteiger partial charge in [-0.25, -0.2) is 0 Å². The number of hydrogen-bond acceptors (Lipinski definition) is 1. The zero-order valence-corrected chi connectivity index (χ0v) is 33.1. The number of hydrogen-bond donors (Lipinski definition) is 0. The average Bonchev–Trinajstić information content (AvgIpc) is 3.62. The van der Waals surface area contributed by atoms with Crippen LogP contribution in [-0.2, 0) is 38.6 Å². The molecular formula is C47H44AuN3. The summed E-state index contributed by atoms with van der Waals surface area (Å²) in [6.45, 7) is 20.5. The molecule has 0 N–H and O–H groups in total. The number of aromatic nitrogens is 3. The van der Waals surface area contributed by atoms with Gasteiger partial charge in [0.1, 0.15) is 0 Å². The van der Waals surface area contributed by atoms with Crippen LogP contribution in [0.25, 0.3) is 71.7 Å². The molecule has 3 aromatic heterocycles. The molecule has 51 heavy (non-hydrogen) atoms. The van der Waals surface area contributed by atoms with Crippen LogP contribution in [0.3, 0.4) is 0 Å². The van der Waals surface area contributed by atoms with Gasteiger partial charge in [-0.1, -0.05) is 134 Å². The fourth-order valence-corrected chi connectivity index (χ4v) is 7.10. The van der Waals surface area contributed by atoms with E-state index in [9.17, 15) is 0 Å². The normalized spacial score (nSPS) is 12.6. The first kappa shape index (κ1) is 35.0. The van der Waals surface area contributed by atoms with Crippen LogP contribution in [-0.4, -0.2) is 9.55 Å².